The van der Waals surface area contributed by atoms with E-state index >= 15 is 0 Å². The van der Waals surface area contributed by atoms with Crippen molar-refractivity contribution in [3.05, 3.63) is 43.0 Å². The van der Waals surface area contributed by atoms with Crippen LogP contribution < -0.4 is 10.1 Å². The molecule has 0 saturated carbocycles. The largest absolute Gasteiger partial charge is 0.415 e. The Morgan fingerprint density at radius 1 is 1.13 bits per heavy atom. The van der Waals surface area contributed by atoms with E-state index in [1.807, 2.05) is 40.0 Å². The maximum absolute atomic E-state index is 13.0. The lowest BCUT2D eigenvalue weighted by molar-refractivity contribution is -0.130. The maximum Gasteiger partial charge on any atom is 0.415 e. The zero-order valence-corrected chi connectivity index (χ0v) is 24.9. The number of nitrogens with one attached hydrogen (secondary N) is 1. The molecule has 0 aliphatic carbocycles. The Hall–Kier alpha value is -2.91. The fourth-order valence-electron chi connectivity index (χ4n) is 4.33. The second-order valence-electron chi connectivity index (χ2n) is 10.0. The van der Waals surface area contributed by atoms with Gasteiger partial charge < -0.3 is 25.3 Å². The molecule has 2 atom stereocenters. The lowest BCUT2D eigenvalue weighted by Gasteiger charge is -2.37. The summed E-state index contributed by atoms with van der Waals surface area (Å²) >= 11 is 0. The van der Waals surface area contributed by atoms with Crippen LogP contribution in [0.5, 0.6) is 5.75 Å². The molecule has 9 heteroatoms. The maximum atomic E-state index is 13.0. The van der Waals surface area contributed by atoms with Gasteiger partial charge in [0.25, 0.3) is 0 Å². The van der Waals surface area contributed by atoms with Crippen LogP contribution in [0, 0.1) is 5.41 Å². The van der Waals surface area contributed by atoms with Crippen molar-refractivity contribution in [2.45, 2.75) is 73.4 Å². The van der Waals surface area contributed by atoms with Crippen LogP contribution >= 0.6 is 0 Å². The van der Waals surface area contributed by atoms with Gasteiger partial charge in [-0.05, 0) is 56.5 Å². The third-order valence-corrected chi connectivity index (χ3v) is 5.87. The van der Waals surface area contributed by atoms with Gasteiger partial charge in [0.15, 0.2) is 0 Å². The monoisotopic (exact) mass is 538 g/mol. The summed E-state index contributed by atoms with van der Waals surface area (Å²) in [6.45, 7) is 23.2. The van der Waals surface area contributed by atoms with Crippen LogP contribution in [0.2, 0.25) is 0 Å². The average molecular weight is 539 g/mol. The first-order valence-electron chi connectivity index (χ1n) is 13.3. The highest BCUT2D eigenvalue weighted by Crippen LogP contribution is 2.24. The van der Waals surface area contributed by atoms with Crippen LogP contribution in [0.15, 0.2) is 37.4 Å². The number of amides is 3. The second-order valence-corrected chi connectivity index (χ2v) is 10.0. The number of likely N-dealkylation sites (N-methyl/N-ethyl adjacent to an activating group) is 1. The molecule has 0 radical (unpaired) electrons. The molecule has 0 aromatic heterocycles. The van der Waals surface area contributed by atoms with Gasteiger partial charge in [0.05, 0.1) is 6.04 Å². The Morgan fingerprint density at radius 2 is 1.66 bits per heavy atom. The summed E-state index contributed by atoms with van der Waals surface area (Å²) in [7, 11) is 2.01. The molecule has 1 aliphatic heterocycles. The number of hydrogen-bond acceptors (Lipinski definition) is 5. The van der Waals surface area contributed by atoms with Gasteiger partial charge in [0.1, 0.15) is 5.75 Å². The van der Waals surface area contributed by atoms with Crippen LogP contribution in [0.25, 0.3) is 0 Å². The zero-order valence-electron chi connectivity index (χ0n) is 24.9. The first kappa shape index (κ1) is 37.2. The molecule has 0 bridgehead atoms. The van der Waals surface area contributed by atoms with Gasteiger partial charge in [0, 0.05) is 33.6 Å². The van der Waals surface area contributed by atoms with Crippen LogP contribution in [0.4, 0.5) is 4.79 Å². The van der Waals surface area contributed by atoms with Gasteiger partial charge in [-0.3, -0.25) is 14.5 Å². The minimum absolute atomic E-state index is 0. The SMILES string of the molecule is C=C.CC.CCCN(C)[C@H](C(=O)NC(C)Cc1ccc(OC(=O)N2CCN(C=O)CC2)cc1)C(C)(C)C.O.[HH]. The van der Waals surface area contributed by atoms with E-state index in [1.54, 1.807) is 21.9 Å². The van der Waals surface area contributed by atoms with Crippen molar-refractivity contribution >= 4 is 18.4 Å². The summed E-state index contributed by atoms with van der Waals surface area (Å²) < 4.78 is 5.47. The van der Waals surface area contributed by atoms with Crippen molar-refractivity contribution in [1.82, 2.24) is 20.0 Å². The molecule has 1 aliphatic rings. The number of rotatable bonds is 9. The first-order valence-corrected chi connectivity index (χ1v) is 13.3. The highest BCUT2D eigenvalue weighted by atomic mass is 16.6. The molecule has 3 N–H and O–H groups in total. The first-order chi connectivity index (χ1) is 17.5. The van der Waals surface area contributed by atoms with E-state index in [-0.39, 0.29) is 30.3 Å². The highest BCUT2D eigenvalue weighted by molar-refractivity contribution is 5.82. The van der Waals surface area contributed by atoms with Gasteiger partial charge in [-0.2, -0.15) is 0 Å². The number of benzene rings is 1. The number of ether oxygens (including phenoxy) is 1. The van der Waals surface area contributed by atoms with Gasteiger partial charge in [-0.1, -0.05) is 53.7 Å². The fraction of sp³-hybridized carbons (Fsp3) is 0.621. The molecule has 1 saturated heterocycles. The molecule has 1 aromatic carbocycles. The molecule has 3 amide bonds. The summed E-state index contributed by atoms with van der Waals surface area (Å²) in [6, 6.07) is 7.16. The van der Waals surface area contributed by atoms with Crippen molar-refractivity contribution in [3.63, 3.8) is 0 Å². The summed E-state index contributed by atoms with van der Waals surface area (Å²) in [4.78, 5) is 41.5. The van der Waals surface area contributed by atoms with E-state index in [4.69, 9.17) is 4.74 Å². The number of carbonyl (C=O) groups excluding carboxylic acids is 3. The average Bonchev–Trinajstić information content (AvgIpc) is 2.87. The topological polar surface area (TPSA) is 114 Å². The molecule has 9 nitrogen and oxygen atoms in total. The van der Waals surface area contributed by atoms with E-state index < -0.39 is 6.09 Å². The van der Waals surface area contributed by atoms with Crippen molar-refractivity contribution < 1.29 is 26.0 Å². The van der Waals surface area contributed by atoms with Crippen LogP contribution in [-0.2, 0) is 16.0 Å². The lowest BCUT2D eigenvalue weighted by atomic mass is 9.85. The molecule has 2 rings (SSSR count). The van der Waals surface area contributed by atoms with E-state index in [9.17, 15) is 14.4 Å². The summed E-state index contributed by atoms with van der Waals surface area (Å²) in [5, 5.41) is 3.17. The minimum atomic E-state index is -0.404. The minimum Gasteiger partial charge on any atom is -0.412 e. The number of hydrogen-bond donors (Lipinski definition) is 1. The second kappa shape index (κ2) is 19.2. The van der Waals surface area contributed by atoms with Gasteiger partial charge in [-0.25, -0.2) is 4.79 Å². The standard InChI is InChI=1S/C25H40N4O4.C2H6.C2H4.H2O.H2/c1-7-12-27(6)22(25(3,4)5)23(31)26-19(2)17-20-8-10-21(11-9-20)33-24(32)29-15-13-28(18-30)14-16-29;2*1-2;;/h8-11,18-19,22H,7,12-17H2,1-6H3,(H,26,31);1-2H3;1-2H2;1H2;1H/t19?,22-;;;;/m1..../s1. The molecular formula is C29H54N4O5. The van der Waals surface area contributed by atoms with Crippen molar-refractivity contribution in [2.75, 3.05) is 39.8 Å². The summed E-state index contributed by atoms with van der Waals surface area (Å²) in [6.07, 6.45) is 2.08. The molecule has 1 unspecified atom stereocenters. The van der Waals surface area contributed by atoms with E-state index in [0.29, 0.717) is 38.3 Å². The molecule has 1 fully saturated rings. The third-order valence-electron chi connectivity index (χ3n) is 5.87. The van der Waals surface area contributed by atoms with E-state index in [1.165, 1.54) is 0 Å². The van der Waals surface area contributed by atoms with Gasteiger partial charge in [-0.15, -0.1) is 13.2 Å². The van der Waals surface area contributed by atoms with E-state index in [2.05, 4.69) is 51.1 Å². The molecule has 38 heavy (non-hydrogen) atoms. The van der Waals surface area contributed by atoms with Crippen molar-refractivity contribution in [1.29, 1.82) is 0 Å². The fourth-order valence-corrected chi connectivity index (χ4v) is 4.33. The van der Waals surface area contributed by atoms with Crippen molar-refractivity contribution in [3.8, 4) is 5.75 Å². The predicted octanol–water partition coefficient (Wildman–Crippen LogP) is 4.01. The number of nitrogens with zero attached hydrogens (tertiary/aromatic N) is 3. The Kier molecular flexibility index (Phi) is 18.8. The van der Waals surface area contributed by atoms with Crippen LogP contribution in [-0.4, -0.2) is 90.4 Å². The molecule has 220 valence electrons. The summed E-state index contributed by atoms with van der Waals surface area (Å²) in [5.41, 5.74) is 0.885. The Balaban J connectivity index is -0.00000206. The highest BCUT2D eigenvalue weighted by Gasteiger charge is 2.34. The number of carbonyl (C=O) groups is 3. The molecule has 1 heterocycles. The van der Waals surface area contributed by atoms with Crippen LogP contribution in [0.1, 0.15) is 61.9 Å². The Labute approximate surface area is 232 Å². The zero-order chi connectivity index (χ0) is 28.6. The van der Waals surface area contributed by atoms with Crippen molar-refractivity contribution in [2.24, 2.45) is 5.41 Å². The Morgan fingerprint density at radius 3 is 2.11 bits per heavy atom. The number of piperazine rings is 1. The normalized spacial score (nSPS) is 14.4. The van der Waals surface area contributed by atoms with Gasteiger partial charge >= 0.3 is 6.09 Å². The van der Waals surface area contributed by atoms with Gasteiger partial charge in [0.2, 0.25) is 12.3 Å². The smallest absolute Gasteiger partial charge is 0.412 e. The van der Waals surface area contributed by atoms with Crippen LogP contribution in [0.3, 0.4) is 0 Å². The lowest BCUT2D eigenvalue weighted by Crippen LogP contribution is -2.54. The van der Waals surface area contributed by atoms with E-state index in [0.717, 1.165) is 24.9 Å². The third kappa shape index (κ3) is 12.6. The predicted molar refractivity (Wildman–Crippen MR) is 157 cm³/mol. The molecular weight excluding hydrogens is 484 g/mol. The summed E-state index contributed by atoms with van der Waals surface area (Å²) in [5.74, 6) is 0.526. The molecule has 0 spiro atoms. The molecule has 1 aromatic rings. The quantitative estimate of drug-likeness (QED) is 0.377. The Bertz CT molecular complexity index is 809.